The van der Waals surface area contributed by atoms with Gasteiger partial charge in [-0.2, -0.15) is 0 Å². The summed E-state index contributed by atoms with van der Waals surface area (Å²) < 4.78 is 18.0. The van der Waals surface area contributed by atoms with Gasteiger partial charge in [0.05, 0.1) is 25.3 Å². The summed E-state index contributed by atoms with van der Waals surface area (Å²) in [7, 11) is 1.31. The normalized spacial score (nSPS) is 11.7. The average Bonchev–Trinajstić information content (AvgIpc) is 3.25. The Hall–Kier alpha value is -3.03. The number of hydrogen-bond donors (Lipinski definition) is 2. The zero-order chi connectivity index (χ0) is 20.8. The lowest BCUT2D eigenvalue weighted by molar-refractivity contribution is -0.115. The number of amides is 1. The maximum absolute atomic E-state index is 13.3. The number of nitrogens with one attached hydrogen (secondary N) is 2. The molecule has 0 unspecified atom stereocenters. The van der Waals surface area contributed by atoms with Crippen LogP contribution >= 0.6 is 11.3 Å². The summed E-state index contributed by atoms with van der Waals surface area (Å²) in [5.74, 6) is -1.02. The molecule has 0 saturated heterocycles. The second-order valence-electron chi connectivity index (χ2n) is 6.45. The third kappa shape index (κ3) is 5.28. The van der Waals surface area contributed by atoms with Crippen LogP contribution in [0, 0.1) is 12.7 Å². The maximum atomic E-state index is 13.3. The topological polar surface area (TPSA) is 67.4 Å². The largest absolute Gasteiger partial charge is 0.465 e. The van der Waals surface area contributed by atoms with E-state index in [4.69, 9.17) is 4.74 Å². The van der Waals surface area contributed by atoms with Gasteiger partial charge in [-0.3, -0.25) is 10.1 Å². The molecule has 0 aliphatic rings. The number of hydrogen-bond acceptors (Lipinski definition) is 5. The Morgan fingerprint density at radius 1 is 1.14 bits per heavy atom. The molecule has 7 heteroatoms. The van der Waals surface area contributed by atoms with Gasteiger partial charge in [-0.05, 0) is 53.8 Å². The Bertz CT molecular complexity index is 988. The van der Waals surface area contributed by atoms with Crippen molar-refractivity contribution in [2.75, 3.05) is 19.0 Å². The lowest BCUT2D eigenvalue weighted by Gasteiger charge is -2.18. The van der Waals surface area contributed by atoms with E-state index in [9.17, 15) is 14.0 Å². The summed E-state index contributed by atoms with van der Waals surface area (Å²) >= 11 is 1.56. The first-order chi connectivity index (χ1) is 14.0. The van der Waals surface area contributed by atoms with Crippen LogP contribution in [0.5, 0.6) is 0 Å². The fourth-order valence-electron chi connectivity index (χ4n) is 2.88. The van der Waals surface area contributed by atoms with E-state index >= 15 is 0 Å². The second-order valence-corrected chi connectivity index (χ2v) is 7.43. The van der Waals surface area contributed by atoms with Crippen molar-refractivity contribution in [2.24, 2.45) is 0 Å². The molecule has 5 nitrogen and oxygen atoms in total. The number of benzene rings is 2. The molecule has 0 bridgehead atoms. The zero-order valence-corrected chi connectivity index (χ0v) is 16.9. The minimum Gasteiger partial charge on any atom is -0.465 e. The summed E-state index contributed by atoms with van der Waals surface area (Å²) in [4.78, 5) is 25.3. The van der Waals surface area contributed by atoms with Gasteiger partial charge in [0.1, 0.15) is 5.82 Å². The summed E-state index contributed by atoms with van der Waals surface area (Å²) in [6, 6.07) is 14.9. The van der Waals surface area contributed by atoms with Gasteiger partial charge >= 0.3 is 5.97 Å². The molecule has 2 aromatic carbocycles. The van der Waals surface area contributed by atoms with E-state index in [0.717, 1.165) is 16.0 Å². The molecule has 29 heavy (non-hydrogen) atoms. The first kappa shape index (κ1) is 20.7. The van der Waals surface area contributed by atoms with E-state index in [-0.39, 0.29) is 24.3 Å². The van der Waals surface area contributed by atoms with Gasteiger partial charge in [0.2, 0.25) is 5.91 Å². The third-order valence-corrected chi connectivity index (χ3v) is 5.37. The van der Waals surface area contributed by atoms with Crippen molar-refractivity contribution >= 4 is 28.9 Å². The van der Waals surface area contributed by atoms with Crippen LogP contribution in [0.4, 0.5) is 10.1 Å². The number of thiophene rings is 1. The molecule has 0 fully saturated rings. The number of rotatable bonds is 7. The summed E-state index contributed by atoms with van der Waals surface area (Å²) in [6.07, 6.45) is 0. The minimum atomic E-state index is -0.465. The molecule has 0 saturated carbocycles. The predicted octanol–water partition coefficient (Wildman–Crippen LogP) is 4.30. The van der Waals surface area contributed by atoms with E-state index in [1.165, 1.54) is 19.2 Å². The minimum absolute atomic E-state index is 0.0435. The molecule has 1 amide bonds. The van der Waals surface area contributed by atoms with Gasteiger partial charge in [-0.15, -0.1) is 11.3 Å². The molecule has 1 atom stereocenters. The fraction of sp³-hybridized carbons (Fsp3) is 0.182. The molecule has 150 valence electrons. The molecule has 1 heterocycles. The highest BCUT2D eigenvalue weighted by atomic mass is 32.1. The van der Waals surface area contributed by atoms with E-state index in [2.05, 4.69) is 10.6 Å². The summed E-state index contributed by atoms with van der Waals surface area (Å²) in [5.41, 5.74) is 2.61. The molecule has 0 aliphatic heterocycles. The standard InChI is InChI=1S/C22H21FN2O3S/c1-14-5-6-16(22(27)28-2)12-18(14)25-20(26)13-24-21(19-4-3-11-29-19)15-7-9-17(23)10-8-15/h3-12,21,24H,13H2,1-2H3,(H,25,26)/t21-/m0/s1. The summed E-state index contributed by atoms with van der Waals surface area (Å²) in [6.45, 7) is 1.89. The Kier molecular flexibility index (Phi) is 6.74. The molecular weight excluding hydrogens is 391 g/mol. The molecule has 2 N–H and O–H groups in total. The van der Waals surface area contributed by atoms with Crippen LogP contribution in [0.1, 0.15) is 32.4 Å². The van der Waals surface area contributed by atoms with Crippen LogP contribution in [0.25, 0.3) is 0 Å². The van der Waals surface area contributed by atoms with Crippen LogP contribution in [-0.4, -0.2) is 25.5 Å². The molecular formula is C22H21FN2O3S. The summed E-state index contributed by atoms with van der Waals surface area (Å²) in [5, 5.41) is 8.01. The van der Waals surface area contributed by atoms with E-state index in [1.807, 2.05) is 24.4 Å². The number of methoxy groups -OCH3 is 1. The van der Waals surface area contributed by atoms with Crippen molar-refractivity contribution in [1.82, 2.24) is 5.32 Å². The first-order valence-corrected chi connectivity index (χ1v) is 9.87. The number of ether oxygens (including phenoxy) is 1. The SMILES string of the molecule is COC(=O)c1ccc(C)c(NC(=O)CN[C@@H](c2ccc(F)cc2)c2cccs2)c1. The van der Waals surface area contributed by atoms with Gasteiger partial charge in [0.15, 0.2) is 0 Å². The maximum Gasteiger partial charge on any atom is 0.337 e. The smallest absolute Gasteiger partial charge is 0.337 e. The fourth-order valence-corrected chi connectivity index (χ4v) is 3.71. The number of aryl methyl sites for hydroxylation is 1. The van der Waals surface area contributed by atoms with Crippen molar-refractivity contribution < 1.29 is 18.7 Å². The molecule has 0 aliphatic carbocycles. The molecule has 3 aromatic rings. The Morgan fingerprint density at radius 3 is 2.55 bits per heavy atom. The number of carbonyl (C=O) groups is 2. The van der Waals surface area contributed by atoms with Crippen LogP contribution in [0.3, 0.4) is 0 Å². The van der Waals surface area contributed by atoms with Gasteiger partial charge in [-0.1, -0.05) is 24.3 Å². The van der Waals surface area contributed by atoms with Gasteiger partial charge in [-0.25, -0.2) is 9.18 Å². The quantitative estimate of drug-likeness (QED) is 0.568. The van der Waals surface area contributed by atoms with Crippen LogP contribution < -0.4 is 10.6 Å². The Morgan fingerprint density at radius 2 is 1.90 bits per heavy atom. The highest BCUT2D eigenvalue weighted by Gasteiger charge is 2.17. The van der Waals surface area contributed by atoms with Crippen molar-refractivity contribution in [2.45, 2.75) is 13.0 Å². The Labute approximate surface area is 172 Å². The molecule has 0 radical (unpaired) electrons. The molecule has 1 aromatic heterocycles. The van der Waals surface area contributed by atoms with Crippen LogP contribution in [-0.2, 0) is 9.53 Å². The number of anilines is 1. The van der Waals surface area contributed by atoms with Crippen molar-refractivity contribution in [3.8, 4) is 0 Å². The van der Waals surface area contributed by atoms with Gasteiger partial charge in [0.25, 0.3) is 0 Å². The first-order valence-electron chi connectivity index (χ1n) is 8.99. The predicted molar refractivity (Wildman–Crippen MR) is 112 cm³/mol. The molecule has 3 rings (SSSR count). The van der Waals surface area contributed by atoms with Crippen molar-refractivity contribution in [3.05, 3.63) is 87.4 Å². The average molecular weight is 412 g/mol. The third-order valence-electron chi connectivity index (χ3n) is 4.43. The monoisotopic (exact) mass is 412 g/mol. The lowest BCUT2D eigenvalue weighted by Crippen LogP contribution is -2.31. The van der Waals surface area contributed by atoms with Crippen LogP contribution in [0.15, 0.2) is 60.0 Å². The van der Waals surface area contributed by atoms with E-state index < -0.39 is 5.97 Å². The highest BCUT2D eigenvalue weighted by molar-refractivity contribution is 7.10. The van der Waals surface area contributed by atoms with Gasteiger partial charge < -0.3 is 10.1 Å². The van der Waals surface area contributed by atoms with Crippen LogP contribution in [0.2, 0.25) is 0 Å². The highest BCUT2D eigenvalue weighted by Crippen LogP contribution is 2.26. The van der Waals surface area contributed by atoms with E-state index in [1.54, 1.807) is 41.7 Å². The van der Waals surface area contributed by atoms with Crippen molar-refractivity contribution in [3.63, 3.8) is 0 Å². The van der Waals surface area contributed by atoms with E-state index in [0.29, 0.717) is 11.3 Å². The lowest BCUT2D eigenvalue weighted by atomic mass is 10.1. The Balaban J connectivity index is 1.71. The zero-order valence-electron chi connectivity index (χ0n) is 16.1. The number of carbonyl (C=O) groups excluding carboxylic acids is 2. The van der Waals surface area contributed by atoms with Crippen molar-refractivity contribution in [1.29, 1.82) is 0 Å². The second kappa shape index (κ2) is 9.45. The van der Waals surface area contributed by atoms with Gasteiger partial charge in [0, 0.05) is 10.6 Å². The number of esters is 1. The molecule has 0 spiro atoms. The number of halogens is 1.